The Bertz CT molecular complexity index is 2160. The van der Waals surface area contributed by atoms with Gasteiger partial charge in [0.05, 0.1) is 35.5 Å². The molecule has 0 fully saturated rings. The third-order valence-electron chi connectivity index (χ3n) is 8.77. The summed E-state index contributed by atoms with van der Waals surface area (Å²) in [4.78, 5) is 64.9. The van der Waals surface area contributed by atoms with Crippen molar-refractivity contribution in [3.63, 3.8) is 0 Å². The molecule has 2 aromatic heterocycles. The molecule has 45 heavy (non-hydrogen) atoms. The van der Waals surface area contributed by atoms with E-state index in [-0.39, 0.29) is 45.5 Å². The van der Waals surface area contributed by atoms with Crippen molar-refractivity contribution in [2.75, 3.05) is 16.4 Å². The van der Waals surface area contributed by atoms with E-state index in [1.807, 2.05) is 57.2 Å². The van der Waals surface area contributed by atoms with Crippen molar-refractivity contribution in [1.82, 2.24) is 4.98 Å². The van der Waals surface area contributed by atoms with Crippen LogP contribution in [0, 0.1) is 27.7 Å². The quantitative estimate of drug-likeness (QED) is 0.218. The van der Waals surface area contributed by atoms with Crippen LogP contribution in [-0.2, 0) is 21.6 Å². The fourth-order valence-electron chi connectivity index (χ4n) is 6.40. The third kappa shape index (κ3) is 3.95. The van der Waals surface area contributed by atoms with E-state index < -0.39 is 28.8 Å². The van der Waals surface area contributed by atoms with Crippen LogP contribution in [0.3, 0.4) is 0 Å². The van der Waals surface area contributed by atoms with Crippen LogP contribution in [0.2, 0.25) is 0 Å². The second-order valence-corrected chi connectivity index (χ2v) is 12.4. The lowest BCUT2D eigenvalue weighted by molar-refractivity contribution is -0.121. The number of anilines is 2. The third-order valence-corrected chi connectivity index (χ3v) is 9.89. The Morgan fingerprint density at radius 2 is 1.67 bits per heavy atom. The number of carbonyl (C=O) groups is 3. The van der Waals surface area contributed by atoms with Gasteiger partial charge in [-0.05, 0) is 75.1 Å². The van der Waals surface area contributed by atoms with E-state index in [9.17, 15) is 14.4 Å². The maximum Gasteiger partial charge on any atom is 0.350 e. The molecule has 7 rings (SSSR count). The highest BCUT2D eigenvalue weighted by Gasteiger charge is 2.66. The number of hydrogen-bond acceptors (Lipinski definition) is 8. The monoisotopic (exact) mass is 619 g/mol. The molecule has 1 spiro atoms. The number of fused-ring (bicyclic) bond motifs is 5. The molecule has 4 heterocycles. The van der Waals surface area contributed by atoms with Crippen molar-refractivity contribution in [3.8, 4) is 0 Å². The summed E-state index contributed by atoms with van der Waals surface area (Å²) in [5, 5.41) is 0.361. The first-order valence-corrected chi connectivity index (χ1v) is 15.4. The first kappa shape index (κ1) is 28.7. The zero-order chi connectivity index (χ0) is 31.8. The molecule has 3 aromatic carbocycles. The molecular formula is C35H29N3O6S. The second kappa shape index (κ2) is 10.2. The number of aryl methyl sites for hydroxylation is 4. The minimum Gasteiger partial charge on any atom is -0.462 e. The number of benzene rings is 3. The highest BCUT2D eigenvalue weighted by Crippen LogP contribution is 2.55. The summed E-state index contributed by atoms with van der Waals surface area (Å²) >= 11 is 0.944. The Balaban J connectivity index is 1.55. The van der Waals surface area contributed by atoms with Crippen LogP contribution in [0.1, 0.15) is 66.2 Å². The van der Waals surface area contributed by atoms with Gasteiger partial charge in [-0.15, -0.1) is 0 Å². The highest BCUT2D eigenvalue weighted by atomic mass is 32.1. The summed E-state index contributed by atoms with van der Waals surface area (Å²) in [6.07, 6.45) is 0. The van der Waals surface area contributed by atoms with E-state index >= 15 is 4.79 Å². The normalized spacial score (nSPS) is 17.0. The zero-order valence-electron chi connectivity index (χ0n) is 25.4. The first-order valence-electron chi connectivity index (χ1n) is 14.6. The van der Waals surface area contributed by atoms with E-state index in [1.165, 1.54) is 4.90 Å². The Hall–Kier alpha value is -5.09. The lowest BCUT2D eigenvalue weighted by atomic mass is 9.84. The fourth-order valence-corrected chi connectivity index (χ4v) is 7.41. The average Bonchev–Trinajstić information content (AvgIpc) is 3.60. The van der Waals surface area contributed by atoms with Gasteiger partial charge >= 0.3 is 5.97 Å². The van der Waals surface area contributed by atoms with E-state index in [0.29, 0.717) is 16.9 Å². The number of amides is 2. The van der Waals surface area contributed by atoms with E-state index in [4.69, 9.17) is 9.15 Å². The van der Waals surface area contributed by atoms with Gasteiger partial charge in [0.15, 0.2) is 16.1 Å². The smallest absolute Gasteiger partial charge is 0.350 e. The van der Waals surface area contributed by atoms with Gasteiger partial charge in [-0.3, -0.25) is 19.3 Å². The van der Waals surface area contributed by atoms with Crippen LogP contribution in [-0.4, -0.2) is 29.4 Å². The van der Waals surface area contributed by atoms with Gasteiger partial charge in [-0.2, -0.15) is 0 Å². The molecule has 0 N–H and O–H groups in total. The SMILES string of the molecule is CCOC(=O)c1sc(N2C(=O)c3oc4cc(C)c(C)cc4c(=O)c3C23C(=O)N(Cc2ccccc2C)c2ccccc23)nc1C. The predicted molar refractivity (Wildman–Crippen MR) is 171 cm³/mol. The van der Waals surface area contributed by atoms with Crippen LogP contribution in [0.15, 0.2) is 69.9 Å². The Morgan fingerprint density at radius 1 is 0.956 bits per heavy atom. The number of ether oxygens (including phenoxy) is 1. The summed E-state index contributed by atoms with van der Waals surface area (Å²) in [7, 11) is 0. The Kier molecular flexibility index (Phi) is 6.52. The largest absolute Gasteiger partial charge is 0.462 e. The lowest BCUT2D eigenvalue weighted by Gasteiger charge is -2.32. The minimum atomic E-state index is -1.92. The molecule has 0 radical (unpaired) electrons. The topological polar surface area (TPSA) is 110 Å². The fraction of sp³-hybridized carbons (Fsp3) is 0.229. The molecule has 5 aromatic rings. The average molecular weight is 620 g/mol. The van der Waals surface area contributed by atoms with Gasteiger partial charge in [0.1, 0.15) is 10.5 Å². The molecule has 10 heteroatoms. The van der Waals surface area contributed by atoms with Gasteiger partial charge in [0, 0.05) is 5.56 Å². The molecule has 2 amide bonds. The maximum atomic E-state index is 15.2. The number of nitrogens with zero attached hydrogens (tertiary/aromatic N) is 3. The summed E-state index contributed by atoms with van der Waals surface area (Å²) < 4.78 is 11.5. The van der Waals surface area contributed by atoms with Crippen LogP contribution in [0.4, 0.5) is 10.8 Å². The molecule has 0 saturated carbocycles. The van der Waals surface area contributed by atoms with E-state index in [1.54, 1.807) is 43.0 Å². The van der Waals surface area contributed by atoms with Crippen LogP contribution in [0.25, 0.3) is 11.0 Å². The zero-order valence-corrected chi connectivity index (χ0v) is 26.2. The van der Waals surface area contributed by atoms with Crippen molar-refractivity contribution in [2.45, 2.75) is 46.7 Å². The number of rotatable bonds is 5. The lowest BCUT2D eigenvalue weighted by Crippen LogP contribution is -2.53. The Labute approximate surface area is 262 Å². The van der Waals surface area contributed by atoms with Crippen molar-refractivity contribution in [1.29, 1.82) is 0 Å². The second-order valence-electron chi connectivity index (χ2n) is 11.4. The predicted octanol–water partition coefficient (Wildman–Crippen LogP) is 6.11. The van der Waals surface area contributed by atoms with Crippen LogP contribution >= 0.6 is 11.3 Å². The van der Waals surface area contributed by atoms with Gasteiger partial charge < -0.3 is 14.1 Å². The first-order chi connectivity index (χ1) is 21.6. The number of carbonyl (C=O) groups excluding carboxylic acids is 3. The number of esters is 1. The highest BCUT2D eigenvalue weighted by molar-refractivity contribution is 7.17. The number of hydrogen-bond donors (Lipinski definition) is 0. The summed E-state index contributed by atoms with van der Waals surface area (Å²) in [6, 6.07) is 18.4. The number of para-hydroxylation sites is 1. The van der Waals surface area contributed by atoms with Gasteiger partial charge in [0.25, 0.3) is 11.8 Å². The van der Waals surface area contributed by atoms with E-state index in [2.05, 4.69) is 4.98 Å². The van der Waals surface area contributed by atoms with Gasteiger partial charge in [-0.1, -0.05) is 53.8 Å². The maximum absolute atomic E-state index is 15.2. The number of thiazole rings is 1. The van der Waals surface area contributed by atoms with Gasteiger partial charge in [-0.25, -0.2) is 9.78 Å². The minimum absolute atomic E-state index is 0.0569. The molecule has 226 valence electrons. The molecule has 0 aliphatic carbocycles. The molecule has 0 bridgehead atoms. The van der Waals surface area contributed by atoms with Crippen LogP contribution < -0.4 is 15.2 Å². The molecular weight excluding hydrogens is 590 g/mol. The Morgan fingerprint density at radius 3 is 2.42 bits per heavy atom. The van der Waals surface area contributed by atoms with Crippen molar-refractivity contribution >= 4 is 50.9 Å². The molecule has 1 unspecified atom stereocenters. The van der Waals surface area contributed by atoms with Crippen molar-refractivity contribution in [2.24, 2.45) is 0 Å². The molecule has 2 aliphatic rings. The molecule has 0 saturated heterocycles. The van der Waals surface area contributed by atoms with E-state index in [0.717, 1.165) is 33.6 Å². The molecule has 9 nitrogen and oxygen atoms in total. The molecule has 2 aliphatic heterocycles. The van der Waals surface area contributed by atoms with Crippen LogP contribution in [0.5, 0.6) is 0 Å². The van der Waals surface area contributed by atoms with Gasteiger partial charge in [0.2, 0.25) is 5.76 Å². The summed E-state index contributed by atoms with van der Waals surface area (Å²) in [6.45, 7) is 9.48. The van der Waals surface area contributed by atoms with Crippen molar-refractivity contribution in [3.05, 3.63) is 121 Å². The summed E-state index contributed by atoms with van der Waals surface area (Å²) in [5.41, 5.74) is 2.85. The van der Waals surface area contributed by atoms with Crippen molar-refractivity contribution < 1.29 is 23.5 Å². The molecule has 1 atom stereocenters. The summed E-state index contributed by atoms with van der Waals surface area (Å²) in [5.74, 6) is -1.98. The number of aromatic nitrogens is 1. The standard InChI is InChI=1S/C35H29N3O6S/c1-6-43-32(41)30-21(5)36-34(45-30)38-31(40)29-27(28(39)23-15-19(3)20(4)16-26(23)44-29)35(38)24-13-9-10-14-25(24)37(33(35)42)17-22-12-8-7-11-18(22)2/h7-16H,6,17H2,1-5H3.